The molecule has 1 N–H and O–H groups in total. The number of thioether (sulfide) groups is 1. The Bertz CT molecular complexity index is 731. The van der Waals surface area contributed by atoms with Crippen molar-refractivity contribution < 1.29 is 13.6 Å². The van der Waals surface area contributed by atoms with E-state index in [-0.39, 0.29) is 11.7 Å². The van der Waals surface area contributed by atoms with Crippen molar-refractivity contribution in [2.24, 2.45) is 0 Å². The Morgan fingerprint density at radius 1 is 1.17 bits per heavy atom. The highest BCUT2D eigenvalue weighted by atomic mass is 32.2. The predicted molar refractivity (Wildman–Crippen MR) is 96.4 cm³/mol. The van der Waals surface area contributed by atoms with Gasteiger partial charge in [-0.05, 0) is 41.7 Å². The summed E-state index contributed by atoms with van der Waals surface area (Å²) in [6.07, 6.45) is 0. The molecule has 0 heterocycles. The van der Waals surface area contributed by atoms with Gasteiger partial charge in [0.25, 0.3) is 0 Å². The van der Waals surface area contributed by atoms with Crippen molar-refractivity contribution in [3.05, 3.63) is 64.7 Å². The highest BCUT2D eigenvalue weighted by molar-refractivity contribution is 7.99. The fourth-order valence-corrected chi connectivity index (χ4v) is 3.18. The Hall–Kier alpha value is -1.88. The lowest BCUT2D eigenvalue weighted by molar-refractivity contribution is -0.113. The minimum absolute atomic E-state index is 0.0983. The van der Waals surface area contributed by atoms with Crippen molar-refractivity contribution in [2.75, 3.05) is 11.1 Å². The van der Waals surface area contributed by atoms with E-state index in [2.05, 4.69) is 19.2 Å². The summed E-state index contributed by atoms with van der Waals surface area (Å²) in [5.74, 6) is -0.796. The van der Waals surface area contributed by atoms with E-state index < -0.39 is 11.6 Å². The largest absolute Gasteiger partial charge is 0.325 e. The van der Waals surface area contributed by atoms with Gasteiger partial charge >= 0.3 is 0 Å². The van der Waals surface area contributed by atoms with Gasteiger partial charge in [-0.2, -0.15) is 0 Å². The lowest BCUT2D eigenvalue weighted by Gasteiger charge is -2.16. The SMILES string of the molecule is Cc1cccc(C(C)C)c1NC(=O)CSCc1ccc(F)c(F)c1. The number of halogens is 2. The fraction of sp³-hybridized carbons (Fsp3) is 0.316. The molecule has 0 aromatic heterocycles. The van der Waals surface area contributed by atoms with E-state index in [0.717, 1.165) is 22.9 Å². The maximum absolute atomic E-state index is 13.2. The van der Waals surface area contributed by atoms with Crippen molar-refractivity contribution in [3.8, 4) is 0 Å². The van der Waals surface area contributed by atoms with E-state index in [9.17, 15) is 13.6 Å². The van der Waals surface area contributed by atoms with Crippen LogP contribution < -0.4 is 5.32 Å². The number of nitrogens with one attached hydrogen (secondary N) is 1. The summed E-state index contributed by atoms with van der Waals surface area (Å²) in [4.78, 5) is 12.2. The van der Waals surface area contributed by atoms with Crippen molar-refractivity contribution in [1.29, 1.82) is 0 Å². The minimum Gasteiger partial charge on any atom is -0.325 e. The molecule has 128 valence electrons. The number of rotatable bonds is 6. The smallest absolute Gasteiger partial charge is 0.234 e. The first kappa shape index (κ1) is 18.5. The van der Waals surface area contributed by atoms with Gasteiger partial charge in [0, 0.05) is 11.4 Å². The van der Waals surface area contributed by atoms with Crippen LogP contribution in [0.1, 0.15) is 36.5 Å². The molecule has 2 rings (SSSR count). The number of para-hydroxylation sites is 1. The van der Waals surface area contributed by atoms with Gasteiger partial charge in [-0.15, -0.1) is 11.8 Å². The molecule has 0 aliphatic rings. The van der Waals surface area contributed by atoms with Gasteiger partial charge in [0.2, 0.25) is 5.91 Å². The van der Waals surface area contributed by atoms with Crippen molar-refractivity contribution in [1.82, 2.24) is 0 Å². The molecule has 0 bridgehead atoms. The van der Waals surface area contributed by atoms with Crippen LogP contribution in [0.15, 0.2) is 36.4 Å². The Morgan fingerprint density at radius 2 is 1.92 bits per heavy atom. The predicted octanol–water partition coefficient (Wildman–Crippen LogP) is 5.27. The number of carbonyl (C=O) groups excluding carboxylic acids is 1. The lowest BCUT2D eigenvalue weighted by atomic mass is 9.98. The van der Waals surface area contributed by atoms with Gasteiger partial charge in [-0.25, -0.2) is 8.78 Å². The molecular formula is C19H21F2NOS. The second-order valence-corrected chi connectivity index (χ2v) is 6.97. The van der Waals surface area contributed by atoms with Crippen LogP contribution in [0.25, 0.3) is 0 Å². The molecule has 0 saturated heterocycles. The number of carbonyl (C=O) groups is 1. The number of anilines is 1. The summed E-state index contributed by atoms with van der Waals surface area (Å²) in [7, 11) is 0. The van der Waals surface area contributed by atoms with Crippen molar-refractivity contribution in [2.45, 2.75) is 32.4 Å². The summed E-state index contributed by atoms with van der Waals surface area (Å²) in [6.45, 7) is 6.14. The first-order valence-corrected chi connectivity index (χ1v) is 8.95. The van der Waals surface area contributed by atoms with Gasteiger partial charge in [-0.3, -0.25) is 4.79 Å². The Labute approximate surface area is 145 Å². The topological polar surface area (TPSA) is 29.1 Å². The summed E-state index contributed by atoms with van der Waals surface area (Å²) >= 11 is 1.37. The van der Waals surface area contributed by atoms with Crippen LogP contribution >= 0.6 is 11.8 Å². The van der Waals surface area contributed by atoms with E-state index in [4.69, 9.17) is 0 Å². The minimum atomic E-state index is -0.862. The molecule has 0 aliphatic heterocycles. The molecule has 0 aliphatic carbocycles. The van der Waals surface area contributed by atoms with Gasteiger partial charge in [0.05, 0.1) is 5.75 Å². The molecule has 0 atom stereocenters. The second-order valence-electron chi connectivity index (χ2n) is 5.98. The Balaban J connectivity index is 1.93. The van der Waals surface area contributed by atoms with Crippen LogP contribution in [0.5, 0.6) is 0 Å². The van der Waals surface area contributed by atoms with Crippen LogP contribution in [-0.4, -0.2) is 11.7 Å². The number of benzene rings is 2. The summed E-state index contributed by atoms with van der Waals surface area (Å²) in [5.41, 5.74) is 3.66. The Kier molecular flexibility index (Phi) is 6.37. The summed E-state index contributed by atoms with van der Waals surface area (Å²) in [5, 5.41) is 2.97. The zero-order valence-corrected chi connectivity index (χ0v) is 14.8. The zero-order valence-electron chi connectivity index (χ0n) is 14.0. The molecule has 2 nitrogen and oxygen atoms in total. The first-order valence-electron chi connectivity index (χ1n) is 7.79. The average Bonchev–Trinajstić information content (AvgIpc) is 2.52. The quantitative estimate of drug-likeness (QED) is 0.770. The molecule has 1 amide bonds. The standard InChI is InChI=1S/C19H21F2NOS/c1-12(2)15-6-4-5-13(3)19(15)22-18(23)11-24-10-14-7-8-16(20)17(21)9-14/h4-9,12H,10-11H2,1-3H3,(H,22,23). The molecule has 0 unspecified atom stereocenters. The normalized spacial score (nSPS) is 10.9. The van der Waals surface area contributed by atoms with Crippen LogP contribution in [0, 0.1) is 18.6 Å². The molecule has 0 saturated carbocycles. The lowest BCUT2D eigenvalue weighted by Crippen LogP contribution is -2.16. The number of hydrogen-bond acceptors (Lipinski definition) is 2. The highest BCUT2D eigenvalue weighted by Gasteiger charge is 2.12. The van der Waals surface area contributed by atoms with Crippen LogP contribution in [-0.2, 0) is 10.5 Å². The zero-order chi connectivity index (χ0) is 17.7. The molecule has 0 spiro atoms. The van der Waals surface area contributed by atoms with Gasteiger partial charge in [-0.1, -0.05) is 38.1 Å². The van der Waals surface area contributed by atoms with Crippen LogP contribution in [0.3, 0.4) is 0 Å². The third-order valence-corrected chi connectivity index (χ3v) is 4.68. The molecule has 2 aromatic carbocycles. The molecule has 5 heteroatoms. The van der Waals surface area contributed by atoms with E-state index in [1.54, 1.807) is 0 Å². The van der Waals surface area contributed by atoms with E-state index in [1.165, 1.54) is 23.9 Å². The van der Waals surface area contributed by atoms with Crippen LogP contribution in [0.4, 0.5) is 14.5 Å². The third-order valence-electron chi connectivity index (χ3n) is 3.68. The maximum atomic E-state index is 13.2. The molecule has 0 radical (unpaired) electrons. The molecule has 24 heavy (non-hydrogen) atoms. The highest BCUT2D eigenvalue weighted by Crippen LogP contribution is 2.27. The van der Waals surface area contributed by atoms with Crippen molar-refractivity contribution >= 4 is 23.4 Å². The van der Waals surface area contributed by atoms with Crippen molar-refractivity contribution in [3.63, 3.8) is 0 Å². The summed E-state index contributed by atoms with van der Waals surface area (Å²) in [6, 6.07) is 9.77. The molecular weight excluding hydrogens is 328 g/mol. The summed E-state index contributed by atoms with van der Waals surface area (Å²) < 4.78 is 26.0. The van der Waals surface area contributed by atoms with E-state index in [0.29, 0.717) is 17.2 Å². The molecule has 0 fully saturated rings. The average molecular weight is 349 g/mol. The van der Waals surface area contributed by atoms with Gasteiger partial charge < -0.3 is 5.32 Å². The molecule has 2 aromatic rings. The Morgan fingerprint density at radius 3 is 2.58 bits per heavy atom. The van der Waals surface area contributed by atoms with E-state index >= 15 is 0 Å². The second kappa shape index (κ2) is 8.29. The monoisotopic (exact) mass is 349 g/mol. The van der Waals surface area contributed by atoms with Crippen LogP contribution in [0.2, 0.25) is 0 Å². The first-order chi connectivity index (χ1) is 11.4. The maximum Gasteiger partial charge on any atom is 0.234 e. The van der Waals surface area contributed by atoms with Gasteiger partial charge in [0.15, 0.2) is 11.6 Å². The van der Waals surface area contributed by atoms with E-state index in [1.807, 2.05) is 25.1 Å². The number of amides is 1. The third kappa shape index (κ3) is 4.81. The van der Waals surface area contributed by atoms with Gasteiger partial charge in [0.1, 0.15) is 0 Å². The fourth-order valence-electron chi connectivity index (χ4n) is 2.41. The number of hydrogen-bond donors (Lipinski definition) is 1. The number of aryl methyl sites for hydroxylation is 1.